The molecule has 6 heteroatoms. The topological polar surface area (TPSA) is 44.8 Å². The Morgan fingerprint density at radius 3 is 2.26 bits per heavy atom. The van der Waals surface area contributed by atoms with Gasteiger partial charge in [0.1, 0.15) is 11.6 Å². The summed E-state index contributed by atoms with van der Waals surface area (Å²) in [6, 6.07) is 24.1. The Kier molecular flexibility index (Phi) is 6.79. The molecule has 3 aromatic rings. The molecule has 1 aliphatic rings. The van der Waals surface area contributed by atoms with Crippen molar-refractivity contribution in [3.8, 4) is 5.75 Å². The molecule has 0 saturated carbocycles. The lowest BCUT2D eigenvalue weighted by Gasteiger charge is -2.36. The van der Waals surface area contributed by atoms with Crippen molar-refractivity contribution in [2.75, 3.05) is 43.0 Å². The van der Waals surface area contributed by atoms with Crippen LogP contribution in [0.5, 0.6) is 5.75 Å². The molecular formula is C25H26FN3O2. The molecule has 1 aliphatic heterocycles. The van der Waals surface area contributed by atoms with Crippen LogP contribution in [0.4, 0.5) is 15.8 Å². The number of piperazine rings is 1. The molecule has 4 rings (SSSR count). The molecule has 0 spiro atoms. The van der Waals surface area contributed by atoms with E-state index >= 15 is 0 Å². The van der Waals surface area contributed by atoms with Gasteiger partial charge in [-0.1, -0.05) is 36.4 Å². The Bertz CT molecular complexity index is 987. The molecule has 1 N–H and O–H groups in total. The molecule has 0 radical (unpaired) electrons. The van der Waals surface area contributed by atoms with Crippen LogP contribution < -0.4 is 15.0 Å². The first-order chi connectivity index (χ1) is 15.2. The number of amides is 1. The van der Waals surface area contributed by atoms with Crippen molar-refractivity contribution in [3.05, 3.63) is 90.2 Å². The monoisotopic (exact) mass is 419 g/mol. The first-order valence-electron chi connectivity index (χ1n) is 10.5. The molecule has 1 heterocycles. The van der Waals surface area contributed by atoms with Crippen LogP contribution in [0.2, 0.25) is 0 Å². The van der Waals surface area contributed by atoms with E-state index in [1.54, 1.807) is 6.07 Å². The van der Waals surface area contributed by atoms with Crippen molar-refractivity contribution < 1.29 is 13.9 Å². The molecule has 3 aromatic carbocycles. The zero-order chi connectivity index (χ0) is 21.5. The summed E-state index contributed by atoms with van der Waals surface area (Å²) >= 11 is 0. The number of para-hydroxylation sites is 1. The lowest BCUT2D eigenvalue weighted by molar-refractivity contribution is -0.118. The third kappa shape index (κ3) is 5.83. The molecule has 5 nitrogen and oxygen atoms in total. The Labute approximate surface area is 182 Å². The van der Waals surface area contributed by atoms with Crippen LogP contribution in [-0.2, 0) is 11.3 Å². The molecule has 1 fully saturated rings. The van der Waals surface area contributed by atoms with E-state index in [-0.39, 0.29) is 18.3 Å². The summed E-state index contributed by atoms with van der Waals surface area (Å²) in [5.41, 5.74) is 2.60. The summed E-state index contributed by atoms with van der Waals surface area (Å²) in [5, 5.41) is 2.86. The number of nitrogens with zero attached hydrogens (tertiary/aromatic N) is 2. The first-order valence-corrected chi connectivity index (χ1v) is 10.5. The second-order valence-electron chi connectivity index (χ2n) is 7.55. The number of anilines is 2. The van der Waals surface area contributed by atoms with Gasteiger partial charge in [0.15, 0.2) is 6.61 Å². The second kappa shape index (κ2) is 10.1. The van der Waals surface area contributed by atoms with Gasteiger partial charge in [0.25, 0.3) is 5.91 Å². The number of ether oxygens (including phenoxy) is 1. The van der Waals surface area contributed by atoms with Crippen LogP contribution in [-0.4, -0.2) is 43.6 Å². The van der Waals surface area contributed by atoms with E-state index in [9.17, 15) is 9.18 Å². The Morgan fingerprint density at radius 2 is 1.55 bits per heavy atom. The number of hydrogen-bond donors (Lipinski definition) is 1. The predicted octanol–water partition coefficient (Wildman–Crippen LogP) is 4.17. The van der Waals surface area contributed by atoms with Gasteiger partial charge in [-0.15, -0.1) is 0 Å². The van der Waals surface area contributed by atoms with E-state index in [0.717, 1.165) is 43.1 Å². The highest BCUT2D eigenvalue weighted by atomic mass is 19.1. The summed E-state index contributed by atoms with van der Waals surface area (Å²) < 4.78 is 19.3. The fourth-order valence-electron chi connectivity index (χ4n) is 3.65. The number of carbonyl (C=O) groups excluding carboxylic acids is 1. The van der Waals surface area contributed by atoms with Gasteiger partial charge in [0.2, 0.25) is 0 Å². The SMILES string of the molecule is O=C(COc1ccccc1)Nc1ccc(N2CCN(Cc3ccccc3F)CC2)cc1. The van der Waals surface area contributed by atoms with E-state index in [0.29, 0.717) is 12.3 Å². The highest BCUT2D eigenvalue weighted by Gasteiger charge is 2.18. The smallest absolute Gasteiger partial charge is 0.262 e. The van der Waals surface area contributed by atoms with Gasteiger partial charge < -0.3 is 15.0 Å². The first kappa shape index (κ1) is 20.9. The van der Waals surface area contributed by atoms with E-state index < -0.39 is 0 Å². The lowest BCUT2D eigenvalue weighted by atomic mass is 10.1. The lowest BCUT2D eigenvalue weighted by Crippen LogP contribution is -2.46. The van der Waals surface area contributed by atoms with Gasteiger partial charge in [0.05, 0.1) is 0 Å². The maximum Gasteiger partial charge on any atom is 0.262 e. The largest absolute Gasteiger partial charge is 0.484 e. The molecular weight excluding hydrogens is 393 g/mol. The van der Waals surface area contributed by atoms with Gasteiger partial charge in [-0.3, -0.25) is 9.69 Å². The molecule has 0 aromatic heterocycles. The van der Waals surface area contributed by atoms with E-state index in [1.165, 1.54) is 6.07 Å². The molecule has 1 amide bonds. The molecule has 0 bridgehead atoms. The van der Waals surface area contributed by atoms with Crippen molar-refractivity contribution >= 4 is 17.3 Å². The van der Waals surface area contributed by atoms with Crippen LogP contribution in [0.1, 0.15) is 5.56 Å². The summed E-state index contributed by atoms with van der Waals surface area (Å²) in [5.74, 6) is 0.331. The highest BCUT2D eigenvalue weighted by molar-refractivity contribution is 5.92. The Balaban J connectivity index is 1.24. The minimum atomic E-state index is -0.196. The highest BCUT2D eigenvalue weighted by Crippen LogP contribution is 2.21. The van der Waals surface area contributed by atoms with Crippen molar-refractivity contribution in [2.45, 2.75) is 6.54 Å². The van der Waals surface area contributed by atoms with Crippen molar-refractivity contribution in [1.29, 1.82) is 0 Å². The molecule has 0 unspecified atom stereocenters. The van der Waals surface area contributed by atoms with E-state index in [4.69, 9.17) is 4.74 Å². The normalized spacial score (nSPS) is 14.3. The zero-order valence-corrected chi connectivity index (χ0v) is 17.3. The fourth-order valence-corrected chi connectivity index (χ4v) is 3.65. The number of hydrogen-bond acceptors (Lipinski definition) is 4. The summed E-state index contributed by atoms with van der Waals surface area (Å²) in [7, 11) is 0. The molecule has 1 saturated heterocycles. The van der Waals surface area contributed by atoms with Crippen LogP contribution in [0.25, 0.3) is 0 Å². The Hall–Kier alpha value is -3.38. The third-order valence-electron chi connectivity index (χ3n) is 5.35. The Morgan fingerprint density at radius 1 is 0.871 bits per heavy atom. The van der Waals surface area contributed by atoms with Crippen molar-refractivity contribution in [1.82, 2.24) is 4.90 Å². The molecule has 31 heavy (non-hydrogen) atoms. The zero-order valence-electron chi connectivity index (χ0n) is 17.3. The van der Waals surface area contributed by atoms with Crippen molar-refractivity contribution in [2.24, 2.45) is 0 Å². The summed E-state index contributed by atoms with van der Waals surface area (Å²) in [6.07, 6.45) is 0. The molecule has 0 atom stereocenters. The van der Waals surface area contributed by atoms with E-state index in [1.807, 2.05) is 66.7 Å². The fraction of sp³-hybridized carbons (Fsp3) is 0.240. The van der Waals surface area contributed by atoms with Gasteiger partial charge in [-0.25, -0.2) is 4.39 Å². The summed E-state index contributed by atoms with van der Waals surface area (Å²) in [4.78, 5) is 16.7. The third-order valence-corrected chi connectivity index (χ3v) is 5.35. The minimum Gasteiger partial charge on any atom is -0.484 e. The van der Waals surface area contributed by atoms with Crippen LogP contribution in [0.15, 0.2) is 78.9 Å². The molecule has 0 aliphatic carbocycles. The van der Waals surface area contributed by atoms with E-state index in [2.05, 4.69) is 15.1 Å². The average Bonchev–Trinajstić information content (AvgIpc) is 2.81. The number of carbonyl (C=O) groups is 1. The number of nitrogens with one attached hydrogen (secondary N) is 1. The number of benzene rings is 3. The maximum absolute atomic E-state index is 13.9. The quantitative estimate of drug-likeness (QED) is 0.625. The standard InChI is InChI=1S/C25H26FN3O2/c26-24-9-5-4-6-20(24)18-28-14-16-29(17-15-28)22-12-10-21(11-13-22)27-25(30)19-31-23-7-2-1-3-8-23/h1-13H,14-19H2,(H,27,30). The number of rotatable bonds is 7. The van der Waals surface area contributed by atoms with Crippen LogP contribution >= 0.6 is 0 Å². The summed E-state index contributed by atoms with van der Waals surface area (Å²) in [6.45, 7) is 4.12. The van der Waals surface area contributed by atoms with Crippen LogP contribution in [0.3, 0.4) is 0 Å². The second-order valence-corrected chi connectivity index (χ2v) is 7.55. The molecule has 160 valence electrons. The maximum atomic E-state index is 13.9. The average molecular weight is 420 g/mol. The van der Waals surface area contributed by atoms with Crippen molar-refractivity contribution in [3.63, 3.8) is 0 Å². The predicted molar refractivity (Wildman–Crippen MR) is 121 cm³/mol. The van der Waals surface area contributed by atoms with Gasteiger partial charge in [-0.05, 0) is 42.5 Å². The van der Waals surface area contributed by atoms with Gasteiger partial charge >= 0.3 is 0 Å². The minimum absolute atomic E-state index is 0.0320. The van der Waals surface area contributed by atoms with Gasteiger partial charge in [0, 0.05) is 49.7 Å². The van der Waals surface area contributed by atoms with Crippen LogP contribution in [0, 0.1) is 5.82 Å². The number of halogens is 1. The van der Waals surface area contributed by atoms with Gasteiger partial charge in [-0.2, -0.15) is 0 Å².